The minimum absolute atomic E-state index is 0.162. The number of rotatable bonds is 6. The zero-order valence-electron chi connectivity index (χ0n) is 13.1. The summed E-state index contributed by atoms with van der Waals surface area (Å²) < 4.78 is 5.87. The molecule has 2 heteroatoms. The Kier molecular flexibility index (Phi) is 6.06. The molecule has 1 fully saturated rings. The maximum Gasteiger partial charge on any atom is 0.0976 e. The molecule has 2 atom stereocenters. The molecule has 2 rings (SSSR count). The lowest BCUT2D eigenvalue weighted by atomic mass is 9.76. The lowest BCUT2D eigenvalue weighted by molar-refractivity contribution is 0.0357. The molecule has 0 saturated heterocycles. The van der Waals surface area contributed by atoms with E-state index in [-0.39, 0.29) is 6.10 Å². The van der Waals surface area contributed by atoms with Crippen LogP contribution in [0.25, 0.3) is 0 Å². The van der Waals surface area contributed by atoms with Gasteiger partial charge in [0.2, 0.25) is 0 Å². The second-order valence-electron chi connectivity index (χ2n) is 6.17. The zero-order chi connectivity index (χ0) is 14.4. The Morgan fingerprint density at radius 2 is 1.80 bits per heavy atom. The van der Waals surface area contributed by atoms with E-state index in [2.05, 4.69) is 49.5 Å². The monoisotopic (exact) mass is 275 g/mol. The van der Waals surface area contributed by atoms with Crippen LogP contribution in [0, 0.1) is 11.8 Å². The Morgan fingerprint density at radius 1 is 1.15 bits per heavy atom. The molecule has 1 saturated carbocycles. The molecule has 1 aromatic rings. The van der Waals surface area contributed by atoms with Crippen molar-refractivity contribution in [3.8, 4) is 0 Å². The van der Waals surface area contributed by atoms with Crippen molar-refractivity contribution in [3.05, 3.63) is 35.9 Å². The average Bonchev–Trinajstić information content (AvgIpc) is 2.49. The summed E-state index contributed by atoms with van der Waals surface area (Å²) >= 11 is 0. The molecule has 0 aliphatic heterocycles. The van der Waals surface area contributed by atoms with Crippen LogP contribution in [0.2, 0.25) is 0 Å². The Labute approximate surface area is 123 Å². The van der Waals surface area contributed by atoms with E-state index < -0.39 is 0 Å². The lowest BCUT2D eigenvalue weighted by Gasteiger charge is -2.37. The van der Waals surface area contributed by atoms with Gasteiger partial charge >= 0.3 is 0 Å². The molecule has 0 bridgehead atoms. The predicted octanol–water partition coefficient (Wildman–Crippen LogP) is 4.18. The SMILES string of the molecule is CCNC(C1CCC(C)CC1)C(OC)c1ccccc1. The van der Waals surface area contributed by atoms with E-state index in [1.54, 1.807) is 0 Å². The molecule has 112 valence electrons. The fourth-order valence-corrected chi connectivity index (χ4v) is 3.53. The van der Waals surface area contributed by atoms with Gasteiger partial charge in [-0.1, -0.05) is 57.0 Å². The van der Waals surface area contributed by atoms with Gasteiger partial charge in [0, 0.05) is 13.2 Å². The predicted molar refractivity (Wildman–Crippen MR) is 84.8 cm³/mol. The lowest BCUT2D eigenvalue weighted by Crippen LogP contribution is -2.43. The summed E-state index contributed by atoms with van der Waals surface area (Å²) in [7, 11) is 1.84. The van der Waals surface area contributed by atoms with Crippen molar-refractivity contribution in [1.82, 2.24) is 5.32 Å². The van der Waals surface area contributed by atoms with Crippen LogP contribution in [0.4, 0.5) is 0 Å². The molecule has 2 unspecified atom stereocenters. The van der Waals surface area contributed by atoms with Crippen molar-refractivity contribution in [2.75, 3.05) is 13.7 Å². The number of methoxy groups -OCH3 is 1. The highest BCUT2D eigenvalue weighted by Gasteiger charge is 2.32. The van der Waals surface area contributed by atoms with E-state index in [0.29, 0.717) is 6.04 Å². The number of nitrogens with one attached hydrogen (secondary N) is 1. The Morgan fingerprint density at radius 3 is 2.35 bits per heavy atom. The molecule has 20 heavy (non-hydrogen) atoms. The maximum atomic E-state index is 5.87. The Balaban J connectivity index is 2.13. The van der Waals surface area contributed by atoms with Gasteiger partial charge in [-0.3, -0.25) is 0 Å². The first-order chi connectivity index (χ1) is 9.76. The second kappa shape index (κ2) is 7.80. The first kappa shape index (κ1) is 15.5. The largest absolute Gasteiger partial charge is 0.375 e. The fraction of sp³-hybridized carbons (Fsp3) is 0.667. The fourth-order valence-electron chi connectivity index (χ4n) is 3.53. The van der Waals surface area contributed by atoms with Crippen molar-refractivity contribution in [2.24, 2.45) is 11.8 Å². The van der Waals surface area contributed by atoms with E-state index in [4.69, 9.17) is 4.74 Å². The van der Waals surface area contributed by atoms with Crippen LogP contribution in [0.1, 0.15) is 51.2 Å². The van der Waals surface area contributed by atoms with Crippen LogP contribution in [0.3, 0.4) is 0 Å². The van der Waals surface area contributed by atoms with Gasteiger partial charge in [-0.25, -0.2) is 0 Å². The van der Waals surface area contributed by atoms with Crippen LogP contribution in [-0.4, -0.2) is 19.7 Å². The third-order valence-corrected chi connectivity index (χ3v) is 4.72. The summed E-state index contributed by atoms with van der Waals surface area (Å²) in [6.07, 6.45) is 5.53. The summed E-state index contributed by atoms with van der Waals surface area (Å²) in [4.78, 5) is 0. The van der Waals surface area contributed by atoms with Gasteiger partial charge in [-0.05, 0) is 36.8 Å². The zero-order valence-corrected chi connectivity index (χ0v) is 13.1. The average molecular weight is 275 g/mol. The standard InChI is InChI=1S/C18H29NO/c1-4-19-17(15-12-10-14(2)11-13-15)18(20-3)16-8-6-5-7-9-16/h5-9,14-15,17-19H,4,10-13H2,1-3H3. The van der Waals surface area contributed by atoms with Crippen LogP contribution in [0.15, 0.2) is 30.3 Å². The van der Waals surface area contributed by atoms with Crippen molar-refractivity contribution in [3.63, 3.8) is 0 Å². The van der Waals surface area contributed by atoms with Gasteiger partial charge in [0.05, 0.1) is 6.10 Å². The minimum Gasteiger partial charge on any atom is -0.375 e. The molecule has 0 heterocycles. The third-order valence-electron chi connectivity index (χ3n) is 4.72. The summed E-state index contributed by atoms with van der Waals surface area (Å²) in [6, 6.07) is 11.1. The number of likely N-dealkylation sites (N-methyl/N-ethyl adjacent to an activating group) is 1. The highest BCUT2D eigenvalue weighted by molar-refractivity contribution is 5.19. The summed E-state index contributed by atoms with van der Waals surface area (Å²) in [5, 5.41) is 3.69. The third kappa shape index (κ3) is 3.83. The van der Waals surface area contributed by atoms with E-state index in [1.807, 2.05) is 7.11 Å². The summed E-state index contributed by atoms with van der Waals surface area (Å²) in [5.74, 6) is 1.63. The van der Waals surface area contributed by atoms with Crippen molar-refractivity contribution < 1.29 is 4.74 Å². The Hall–Kier alpha value is -0.860. The van der Waals surface area contributed by atoms with Crippen molar-refractivity contribution in [2.45, 2.75) is 51.7 Å². The van der Waals surface area contributed by atoms with Gasteiger partial charge in [-0.2, -0.15) is 0 Å². The molecular weight excluding hydrogens is 246 g/mol. The van der Waals surface area contributed by atoms with Crippen molar-refractivity contribution in [1.29, 1.82) is 0 Å². The quantitative estimate of drug-likeness (QED) is 0.841. The topological polar surface area (TPSA) is 21.3 Å². The highest BCUT2D eigenvalue weighted by Crippen LogP contribution is 2.35. The molecule has 1 aliphatic carbocycles. The molecule has 2 nitrogen and oxygen atoms in total. The normalized spacial score (nSPS) is 26.1. The van der Waals surface area contributed by atoms with Gasteiger partial charge in [-0.15, -0.1) is 0 Å². The van der Waals surface area contributed by atoms with Crippen LogP contribution < -0.4 is 5.32 Å². The maximum absolute atomic E-state index is 5.87. The molecule has 0 spiro atoms. The van der Waals surface area contributed by atoms with Crippen LogP contribution in [-0.2, 0) is 4.74 Å². The second-order valence-corrected chi connectivity index (χ2v) is 6.17. The molecular formula is C18H29NO. The van der Waals surface area contributed by atoms with E-state index in [0.717, 1.165) is 18.4 Å². The van der Waals surface area contributed by atoms with E-state index in [9.17, 15) is 0 Å². The summed E-state index contributed by atoms with van der Waals surface area (Å²) in [6.45, 7) is 5.57. The van der Waals surface area contributed by atoms with Crippen molar-refractivity contribution >= 4 is 0 Å². The smallest absolute Gasteiger partial charge is 0.0976 e. The van der Waals surface area contributed by atoms with Crippen LogP contribution >= 0.6 is 0 Å². The van der Waals surface area contributed by atoms with Gasteiger partial charge in [0.25, 0.3) is 0 Å². The first-order valence-electron chi connectivity index (χ1n) is 8.07. The summed E-state index contributed by atoms with van der Waals surface area (Å²) in [5.41, 5.74) is 1.29. The highest BCUT2D eigenvalue weighted by atomic mass is 16.5. The molecule has 0 amide bonds. The van der Waals surface area contributed by atoms with Gasteiger partial charge in [0.1, 0.15) is 0 Å². The number of hydrogen-bond acceptors (Lipinski definition) is 2. The van der Waals surface area contributed by atoms with Crippen LogP contribution in [0.5, 0.6) is 0 Å². The molecule has 1 N–H and O–H groups in total. The minimum atomic E-state index is 0.162. The molecule has 0 aromatic heterocycles. The van der Waals surface area contributed by atoms with E-state index in [1.165, 1.54) is 31.2 Å². The molecule has 1 aliphatic rings. The Bertz CT molecular complexity index is 370. The number of hydrogen-bond donors (Lipinski definition) is 1. The van der Waals surface area contributed by atoms with E-state index >= 15 is 0 Å². The van der Waals surface area contributed by atoms with Gasteiger partial charge < -0.3 is 10.1 Å². The first-order valence-corrected chi connectivity index (χ1v) is 8.07. The molecule has 0 radical (unpaired) electrons. The number of benzene rings is 1. The van der Waals surface area contributed by atoms with Gasteiger partial charge in [0.15, 0.2) is 0 Å². The molecule has 1 aromatic carbocycles. The number of ether oxygens (including phenoxy) is 1.